The van der Waals surface area contributed by atoms with Crippen molar-refractivity contribution in [1.82, 2.24) is 10.2 Å². The average molecular weight is 356 g/mol. The van der Waals surface area contributed by atoms with Gasteiger partial charge in [-0.15, -0.1) is 0 Å². The van der Waals surface area contributed by atoms with Gasteiger partial charge in [0.2, 0.25) is 5.91 Å². The molecule has 1 unspecified atom stereocenters. The fourth-order valence-corrected chi connectivity index (χ4v) is 4.53. The molecule has 1 N–H and O–H groups in total. The molecule has 2 rings (SSSR count). The first kappa shape index (κ1) is 18.5. The summed E-state index contributed by atoms with van der Waals surface area (Å²) in [7, 11) is 1.96. The number of amides is 1. The van der Waals surface area contributed by atoms with Crippen LogP contribution in [0.15, 0.2) is 18.2 Å². The molecular formula is C16H24N2O5S. The topological polar surface area (TPSA) is 84.9 Å². The molecule has 0 bridgehead atoms. The summed E-state index contributed by atoms with van der Waals surface area (Å²) in [6, 6.07) is 5.37. The lowest BCUT2D eigenvalue weighted by atomic mass is 10.2. The fraction of sp³-hybridized carbons (Fsp3) is 0.562. The van der Waals surface area contributed by atoms with Gasteiger partial charge in [0.1, 0.15) is 0 Å². The van der Waals surface area contributed by atoms with Crippen LogP contribution in [0, 0.1) is 0 Å². The molecule has 1 aliphatic rings. The van der Waals surface area contributed by atoms with Crippen molar-refractivity contribution in [3.63, 3.8) is 0 Å². The fourth-order valence-electron chi connectivity index (χ4n) is 2.73. The predicted molar refractivity (Wildman–Crippen MR) is 91.1 cm³/mol. The summed E-state index contributed by atoms with van der Waals surface area (Å²) in [6.45, 7) is 0.545. The summed E-state index contributed by atoms with van der Waals surface area (Å²) < 4.78 is 33.4. The Balaban J connectivity index is 1.85. The number of methoxy groups -OCH3 is 2. The molecule has 1 aromatic carbocycles. The zero-order valence-corrected chi connectivity index (χ0v) is 15.1. The summed E-state index contributed by atoms with van der Waals surface area (Å²) in [5.41, 5.74) is 0.895. The van der Waals surface area contributed by atoms with E-state index in [1.165, 1.54) is 0 Å². The van der Waals surface area contributed by atoms with Gasteiger partial charge in [0.15, 0.2) is 21.3 Å². The van der Waals surface area contributed by atoms with Crippen molar-refractivity contribution in [2.45, 2.75) is 19.0 Å². The van der Waals surface area contributed by atoms with Crippen molar-refractivity contribution in [3.05, 3.63) is 23.8 Å². The molecule has 0 spiro atoms. The number of nitrogens with zero attached hydrogens (tertiary/aromatic N) is 1. The van der Waals surface area contributed by atoms with Crippen molar-refractivity contribution in [2.24, 2.45) is 0 Å². The summed E-state index contributed by atoms with van der Waals surface area (Å²) >= 11 is 0. The molecule has 0 aromatic heterocycles. The van der Waals surface area contributed by atoms with Crippen molar-refractivity contribution in [3.8, 4) is 11.5 Å². The van der Waals surface area contributed by atoms with Gasteiger partial charge in [0, 0.05) is 12.6 Å². The van der Waals surface area contributed by atoms with Gasteiger partial charge in [0.25, 0.3) is 0 Å². The number of nitrogens with one attached hydrogen (secondary N) is 1. The van der Waals surface area contributed by atoms with E-state index < -0.39 is 9.84 Å². The van der Waals surface area contributed by atoms with Crippen LogP contribution in [0.3, 0.4) is 0 Å². The third-order valence-corrected chi connectivity index (χ3v) is 5.91. The van der Waals surface area contributed by atoms with Gasteiger partial charge in [-0.05, 0) is 31.2 Å². The van der Waals surface area contributed by atoms with E-state index in [-0.39, 0.29) is 30.0 Å². The number of hydrogen-bond donors (Lipinski definition) is 1. The summed E-state index contributed by atoms with van der Waals surface area (Å²) in [5.74, 6) is 1.44. The van der Waals surface area contributed by atoms with Crippen LogP contribution in [-0.4, -0.2) is 64.6 Å². The van der Waals surface area contributed by atoms with Crippen LogP contribution in [0.4, 0.5) is 0 Å². The molecule has 0 radical (unpaired) electrons. The summed E-state index contributed by atoms with van der Waals surface area (Å²) in [4.78, 5) is 13.9. The first-order chi connectivity index (χ1) is 11.3. The molecule has 1 aliphatic heterocycles. The molecular weight excluding hydrogens is 332 g/mol. The number of carbonyl (C=O) groups is 1. The molecule has 1 heterocycles. The minimum Gasteiger partial charge on any atom is -0.493 e. The SMILES string of the molecule is COc1ccc(CNC(=O)CN(C)C2CCS(=O)(=O)C2)cc1OC. The Morgan fingerprint density at radius 2 is 2.00 bits per heavy atom. The third-order valence-electron chi connectivity index (χ3n) is 4.16. The minimum absolute atomic E-state index is 0.0816. The van der Waals surface area contributed by atoms with E-state index in [2.05, 4.69) is 5.32 Å². The van der Waals surface area contributed by atoms with Gasteiger partial charge < -0.3 is 14.8 Å². The van der Waals surface area contributed by atoms with Gasteiger partial charge in [-0.2, -0.15) is 0 Å². The highest BCUT2D eigenvalue weighted by Gasteiger charge is 2.31. The monoisotopic (exact) mass is 356 g/mol. The largest absolute Gasteiger partial charge is 0.493 e. The number of hydrogen-bond acceptors (Lipinski definition) is 6. The van der Waals surface area contributed by atoms with Crippen molar-refractivity contribution in [1.29, 1.82) is 0 Å². The van der Waals surface area contributed by atoms with E-state index in [0.717, 1.165) is 5.56 Å². The van der Waals surface area contributed by atoms with Crippen LogP contribution >= 0.6 is 0 Å². The van der Waals surface area contributed by atoms with Gasteiger partial charge in [0.05, 0.1) is 32.3 Å². The Bertz CT molecular complexity index is 690. The number of likely N-dealkylation sites (N-methyl/N-ethyl adjacent to an activating group) is 1. The van der Waals surface area contributed by atoms with Crippen LogP contribution in [0.2, 0.25) is 0 Å². The van der Waals surface area contributed by atoms with Crippen LogP contribution < -0.4 is 14.8 Å². The molecule has 24 heavy (non-hydrogen) atoms. The maximum Gasteiger partial charge on any atom is 0.234 e. The highest BCUT2D eigenvalue weighted by Crippen LogP contribution is 2.27. The second-order valence-corrected chi connectivity index (χ2v) is 8.17. The third kappa shape index (κ3) is 4.85. The first-order valence-corrected chi connectivity index (χ1v) is 9.55. The molecule has 1 atom stereocenters. The van der Waals surface area contributed by atoms with E-state index in [1.807, 2.05) is 12.1 Å². The Hall–Kier alpha value is -1.80. The second-order valence-electron chi connectivity index (χ2n) is 5.94. The molecule has 1 amide bonds. The molecule has 1 aromatic rings. The second kappa shape index (κ2) is 7.85. The van der Waals surface area contributed by atoms with Crippen molar-refractivity contribution in [2.75, 3.05) is 39.3 Å². The quantitative estimate of drug-likeness (QED) is 0.763. The predicted octanol–water partition coefficient (Wildman–Crippen LogP) is 0.439. The number of carbonyl (C=O) groups excluding carboxylic acids is 1. The highest BCUT2D eigenvalue weighted by molar-refractivity contribution is 7.91. The average Bonchev–Trinajstić information content (AvgIpc) is 2.92. The Kier molecular flexibility index (Phi) is 6.06. The number of ether oxygens (including phenoxy) is 2. The molecule has 1 fully saturated rings. The molecule has 1 saturated heterocycles. The number of rotatable bonds is 7. The molecule has 7 nitrogen and oxygen atoms in total. The van der Waals surface area contributed by atoms with Crippen LogP contribution in [0.1, 0.15) is 12.0 Å². The normalized spacial score (nSPS) is 19.2. The molecule has 8 heteroatoms. The van der Waals surface area contributed by atoms with Crippen molar-refractivity contribution >= 4 is 15.7 Å². The van der Waals surface area contributed by atoms with Crippen LogP contribution in [0.25, 0.3) is 0 Å². The van der Waals surface area contributed by atoms with E-state index in [0.29, 0.717) is 24.5 Å². The lowest BCUT2D eigenvalue weighted by Gasteiger charge is -2.22. The lowest BCUT2D eigenvalue weighted by Crippen LogP contribution is -2.41. The number of sulfone groups is 1. The maximum atomic E-state index is 12.1. The van der Waals surface area contributed by atoms with Crippen molar-refractivity contribution < 1.29 is 22.7 Å². The Morgan fingerprint density at radius 3 is 2.58 bits per heavy atom. The standard InChI is InChI=1S/C16H24N2O5S/c1-18(13-6-7-24(20,21)11-13)10-16(19)17-9-12-4-5-14(22-2)15(8-12)23-3/h4-5,8,13H,6-7,9-11H2,1-3H3,(H,17,19). The van der Waals surface area contributed by atoms with E-state index >= 15 is 0 Å². The van der Waals surface area contributed by atoms with E-state index in [9.17, 15) is 13.2 Å². The van der Waals surface area contributed by atoms with Crippen LogP contribution in [-0.2, 0) is 21.2 Å². The maximum absolute atomic E-state index is 12.1. The summed E-state index contributed by atoms with van der Waals surface area (Å²) in [6.07, 6.45) is 0.585. The van der Waals surface area contributed by atoms with Gasteiger partial charge in [-0.25, -0.2) is 8.42 Å². The Morgan fingerprint density at radius 1 is 1.29 bits per heavy atom. The number of benzene rings is 1. The van der Waals surface area contributed by atoms with Crippen LogP contribution in [0.5, 0.6) is 11.5 Å². The Labute approximate surface area is 142 Å². The van der Waals surface area contributed by atoms with E-state index in [4.69, 9.17) is 9.47 Å². The zero-order chi connectivity index (χ0) is 17.7. The molecule has 0 aliphatic carbocycles. The zero-order valence-electron chi connectivity index (χ0n) is 14.2. The van der Waals surface area contributed by atoms with Gasteiger partial charge in [-0.3, -0.25) is 9.69 Å². The highest BCUT2D eigenvalue weighted by atomic mass is 32.2. The first-order valence-electron chi connectivity index (χ1n) is 7.73. The van der Waals surface area contributed by atoms with E-state index in [1.54, 1.807) is 32.2 Å². The molecule has 0 saturated carbocycles. The smallest absolute Gasteiger partial charge is 0.234 e. The molecule has 134 valence electrons. The minimum atomic E-state index is -2.95. The summed E-state index contributed by atoms with van der Waals surface area (Å²) in [5, 5.41) is 2.84. The van der Waals surface area contributed by atoms with Gasteiger partial charge in [-0.1, -0.05) is 6.07 Å². The van der Waals surface area contributed by atoms with Gasteiger partial charge >= 0.3 is 0 Å². The lowest BCUT2D eigenvalue weighted by molar-refractivity contribution is -0.122.